The zero-order chi connectivity index (χ0) is 33.2. The molecule has 0 aliphatic heterocycles. The third-order valence-electron chi connectivity index (χ3n) is 6.59. The van der Waals surface area contributed by atoms with E-state index in [1.165, 1.54) is 50.7 Å². The van der Waals surface area contributed by atoms with Crippen molar-refractivity contribution in [1.29, 1.82) is 5.41 Å². The minimum atomic E-state index is 0.994. The molecule has 0 aliphatic carbocycles. The first-order chi connectivity index (χ1) is 20.6. The van der Waals surface area contributed by atoms with Crippen LogP contribution in [0.3, 0.4) is 0 Å². The van der Waals surface area contributed by atoms with Crippen LogP contribution >= 0.6 is 0 Å². The summed E-state index contributed by atoms with van der Waals surface area (Å²) in [4.78, 5) is 0. The van der Waals surface area contributed by atoms with Crippen LogP contribution < -0.4 is 0 Å². The number of rotatable bonds is 7. The van der Waals surface area contributed by atoms with Crippen LogP contribution in [0.15, 0.2) is 114 Å². The third kappa shape index (κ3) is 18.4. The first kappa shape index (κ1) is 41.4. The zero-order valence-corrected chi connectivity index (χ0v) is 29.6. The lowest BCUT2D eigenvalue weighted by Crippen LogP contribution is -1.89. The molecule has 1 nitrogen and oxygen atoms in total. The van der Waals surface area contributed by atoms with Gasteiger partial charge in [-0.2, -0.15) is 0 Å². The van der Waals surface area contributed by atoms with Crippen molar-refractivity contribution in [2.24, 2.45) is 0 Å². The van der Waals surface area contributed by atoms with Gasteiger partial charge in [0.2, 0.25) is 0 Å². The minimum absolute atomic E-state index is 0.994. The smallest absolute Gasteiger partial charge is 0.0209 e. The fraction of sp³-hybridized carbons (Fsp3) is 0.357. The van der Waals surface area contributed by atoms with Crippen molar-refractivity contribution in [1.82, 2.24) is 0 Å². The van der Waals surface area contributed by atoms with E-state index in [1.807, 2.05) is 27.7 Å². The topological polar surface area (TPSA) is 23.9 Å². The molecule has 0 saturated heterocycles. The molecule has 0 atom stereocenters. The average molecular weight is 580 g/mol. The van der Waals surface area contributed by atoms with Gasteiger partial charge in [0.25, 0.3) is 0 Å². The molecule has 43 heavy (non-hydrogen) atoms. The second-order valence-corrected chi connectivity index (χ2v) is 10.4. The van der Waals surface area contributed by atoms with Crippen LogP contribution in [0, 0.1) is 19.3 Å². The van der Waals surface area contributed by atoms with Gasteiger partial charge in [-0.25, -0.2) is 0 Å². The lowest BCUT2D eigenvalue weighted by atomic mass is 9.96. The fourth-order valence-electron chi connectivity index (χ4n) is 3.88. The summed E-state index contributed by atoms with van der Waals surface area (Å²) >= 11 is 0. The molecule has 0 aromatic heterocycles. The summed E-state index contributed by atoms with van der Waals surface area (Å²) < 4.78 is 0. The Morgan fingerprint density at radius 1 is 0.651 bits per heavy atom. The van der Waals surface area contributed by atoms with Crippen molar-refractivity contribution >= 4 is 11.8 Å². The van der Waals surface area contributed by atoms with Gasteiger partial charge in [-0.1, -0.05) is 131 Å². The lowest BCUT2D eigenvalue weighted by Gasteiger charge is -2.09. The molecule has 0 aliphatic rings. The standard InChI is InChI=1S/C18H23N.C10H14.C9H12.C3H6.C2H6/c1-13(2)10-17(11-15(4)16(5)12-19)18-9-7-6-8-14(18)3;1-3-9-5-7-10(4-2)8-6-9;1-3-9-7-5-4-6-8(9)2;1-3-2;1-2/h6-12,19H,1-5H3;5-8H,3-4H2,1-2H3;4-7H,3H2,1-2H3;3H,1H2,2H3;1-2H3/b16-15+,17-11+,19-12?;;;;. The molecule has 0 saturated carbocycles. The summed E-state index contributed by atoms with van der Waals surface area (Å²) in [5, 5.41) is 7.34. The van der Waals surface area contributed by atoms with Gasteiger partial charge in [0, 0.05) is 6.21 Å². The Morgan fingerprint density at radius 2 is 1.09 bits per heavy atom. The number of benzene rings is 3. The third-order valence-corrected chi connectivity index (χ3v) is 6.59. The van der Waals surface area contributed by atoms with Crippen molar-refractivity contribution in [2.75, 3.05) is 0 Å². The van der Waals surface area contributed by atoms with Crippen molar-refractivity contribution in [3.8, 4) is 0 Å². The maximum atomic E-state index is 7.34. The Labute approximate surface area is 266 Å². The number of aryl methyl sites for hydroxylation is 5. The molecular formula is C42H61N. The minimum Gasteiger partial charge on any atom is -0.308 e. The quantitative estimate of drug-likeness (QED) is 0.163. The molecule has 1 heteroatoms. The zero-order valence-electron chi connectivity index (χ0n) is 29.6. The van der Waals surface area contributed by atoms with E-state index in [-0.39, 0.29) is 0 Å². The lowest BCUT2D eigenvalue weighted by molar-refractivity contribution is 1.10. The van der Waals surface area contributed by atoms with Crippen LogP contribution in [0.1, 0.15) is 103 Å². The van der Waals surface area contributed by atoms with Crippen LogP contribution in [0.5, 0.6) is 0 Å². The molecule has 3 aromatic carbocycles. The van der Waals surface area contributed by atoms with Crippen molar-refractivity contribution < 1.29 is 0 Å². The van der Waals surface area contributed by atoms with Gasteiger partial charge in [0.05, 0.1) is 0 Å². The van der Waals surface area contributed by atoms with Crippen LogP contribution in [0.4, 0.5) is 0 Å². The Morgan fingerprint density at radius 3 is 1.44 bits per heavy atom. The second kappa shape index (κ2) is 26.0. The normalized spacial score (nSPS) is 10.4. The van der Waals surface area contributed by atoms with E-state index < -0.39 is 0 Å². The number of hydrogen-bond donors (Lipinski definition) is 1. The average Bonchev–Trinajstić information content (AvgIpc) is 3.02. The summed E-state index contributed by atoms with van der Waals surface area (Å²) in [7, 11) is 0. The van der Waals surface area contributed by atoms with Gasteiger partial charge in [0.15, 0.2) is 0 Å². The van der Waals surface area contributed by atoms with Crippen LogP contribution in [0.2, 0.25) is 0 Å². The molecule has 0 heterocycles. The SMILES string of the molecule is C=CC.CC.CC(C)=C/C(=C\C(C)=C(/C)C=N)c1ccccc1C.CCc1ccc(CC)cc1.CCc1ccccc1C. The number of hydrogen-bond acceptors (Lipinski definition) is 1. The second-order valence-electron chi connectivity index (χ2n) is 10.4. The highest BCUT2D eigenvalue weighted by molar-refractivity contribution is 5.82. The van der Waals surface area contributed by atoms with Gasteiger partial charge in [-0.05, 0) is 118 Å². The van der Waals surface area contributed by atoms with E-state index in [2.05, 4.69) is 147 Å². The maximum absolute atomic E-state index is 7.34. The maximum Gasteiger partial charge on any atom is 0.0209 e. The molecule has 1 N–H and O–H groups in total. The predicted molar refractivity (Wildman–Crippen MR) is 199 cm³/mol. The monoisotopic (exact) mass is 579 g/mol. The highest BCUT2D eigenvalue weighted by Gasteiger charge is 2.03. The van der Waals surface area contributed by atoms with Crippen LogP contribution in [0.25, 0.3) is 5.57 Å². The summed E-state index contributed by atoms with van der Waals surface area (Å²) in [6.07, 6.45) is 10.9. The van der Waals surface area contributed by atoms with E-state index in [4.69, 9.17) is 5.41 Å². The van der Waals surface area contributed by atoms with E-state index in [1.54, 1.807) is 6.08 Å². The van der Waals surface area contributed by atoms with Gasteiger partial charge in [-0.3, -0.25) is 0 Å². The van der Waals surface area contributed by atoms with E-state index >= 15 is 0 Å². The molecule has 3 rings (SSSR count). The summed E-state index contributed by atoms with van der Waals surface area (Å²) in [5.74, 6) is 0. The van der Waals surface area contributed by atoms with Gasteiger partial charge in [0.1, 0.15) is 0 Å². The van der Waals surface area contributed by atoms with Crippen molar-refractivity contribution in [2.45, 2.75) is 102 Å². The summed E-state index contributed by atoms with van der Waals surface area (Å²) in [6.45, 7) is 28.3. The first-order valence-corrected chi connectivity index (χ1v) is 15.9. The van der Waals surface area contributed by atoms with E-state index in [9.17, 15) is 0 Å². The Balaban J connectivity index is 0. The number of nitrogens with one attached hydrogen (secondary N) is 1. The summed E-state index contributed by atoms with van der Waals surface area (Å²) in [5.41, 5.74) is 12.8. The molecular weight excluding hydrogens is 518 g/mol. The van der Waals surface area contributed by atoms with Crippen molar-refractivity contribution in [3.05, 3.63) is 148 Å². The molecule has 0 amide bonds. The Kier molecular flexibility index (Phi) is 25.0. The van der Waals surface area contributed by atoms with Gasteiger partial charge >= 0.3 is 0 Å². The Hall–Kier alpha value is -3.71. The highest BCUT2D eigenvalue weighted by Crippen LogP contribution is 2.23. The number of allylic oxidation sites excluding steroid dienone is 7. The molecule has 0 bridgehead atoms. The molecule has 0 fully saturated rings. The fourth-order valence-corrected chi connectivity index (χ4v) is 3.88. The highest BCUT2D eigenvalue weighted by atomic mass is 14.3. The van der Waals surface area contributed by atoms with Gasteiger partial charge in [-0.15, -0.1) is 6.58 Å². The molecule has 0 spiro atoms. The predicted octanol–water partition coefficient (Wildman–Crippen LogP) is 12.9. The van der Waals surface area contributed by atoms with Gasteiger partial charge < -0.3 is 5.41 Å². The van der Waals surface area contributed by atoms with Crippen LogP contribution in [-0.2, 0) is 19.3 Å². The van der Waals surface area contributed by atoms with E-state index in [0.717, 1.165) is 30.4 Å². The molecule has 3 aromatic rings. The van der Waals surface area contributed by atoms with Crippen molar-refractivity contribution in [3.63, 3.8) is 0 Å². The summed E-state index contributed by atoms with van der Waals surface area (Å²) in [6, 6.07) is 25.7. The first-order valence-electron chi connectivity index (χ1n) is 15.9. The molecule has 0 unspecified atom stereocenters. The Bertz CT molecular complexity index is 1240. The molecule has 234 valence electrons. The van der Waals surface area contributed by atoms with E-state index in [0.29, 0.717) is 0 Å². The van der Waals surface area contributed by atoms with Crippen LogP contribution in [-0.4, -0.2) is 6.21 Å². The largest absolute Gasteiger partial charge is 0.308 e. The molecule has 0 radical (unpaired) electrons.